The van der Waals surface area contributed by atoms with Crippen molar-refractivity contribution in [3.05, 3.63) is 0 Å². The van der Waals surface area contributed by atoms with Gasteiger partial charge in [-0.05, 0) is 71.1 Å². The van der Waals surface area contributed by atoms with E-state index in [1.54, 1.807) is 0 Å². The fraction of sp³-hybridized carbons (Fsp3) is 1.00. The summed E-state index contributed by atoms with van der Waals surface area (Å²) in [5, 5.41) is 8.77. The number of fused-ring (bicyclic) bond motifs is 1. The summed E-state index contributed by atoms with van der Waals surface area (Å²) in [6.07, 6.45) is 7.59. The molecule has 2 fully saturated rings. The van der Waals surface area contributed by atoms with Crippen molar-refractivity contribution in [2.24, 2.45) is 5.92 Å². The van der Waals surface area contributed by atoms with Crippen molar-refractivity contribution >= 4 is 0 Å². The molecule has 0 bridgehead atoms. The van der Waals surface area contributed by atoms with Crippen molar-refractivity contribution in [2.75, 3.05) is 39.8 Å². The number of nitrogens with zero attached hydrogens (tertiary/aromatic N) is 2. The highest BCUT2D eigenvalue weighted by Crippen LogP contribution is 2.29. The maximum absolute atomic E-state index is 8.77. The second kappa shape index (κ2) is 6.72. The van der Waals surface area contributed by atoms with Gasteiger partial charge >= 0.3 is 0 Å². The third kappa shape index (κ3) is 3.67. The normalized spacial score (nSPS) is 31.4. The summed E-state index contributed by atoms with van der Waals surface area (Å²) in [6.45, 7) is 5.50. The van der Waals surface area contributed by atoms with Gasteiger partial charge in [0.2, 0.25) is 0 Å². The first-order valence-electron chi connectivity index (χ1n) is 7.34. The van der Waals surface area contributed by atoms with Crippen LogP contribution < -0.4 is 0 Å². The van der Waals surface area contributed by atoms with Crippen LogP contribution in [0, 0.1) is 5.92 Å². The molecule has 17 heavy (non-hydrogen) atoms. The van der Waals surface area contributed by atoms with E-state index in [0.29, 0.717) is 6.61 Å². The molecule has 3 nitrogen and oxygen atoms in total. The van der Waals surface area contributed by atoms with Crippen molar-refractivity contribution in [3.8, 4) is 0 Å². The van der Waals surface area contributed by atoms with Crippen LogP contribution in [0.2, 0.25) is 0 Å². The zero-order chi connectivity index (χ0) is 12.1. The number of unbranched alkanes of at least 4 members (excludes halogenated alkanes) is 2. The molecule has 100 valence electrons. The van der Waals surface area contributed by atoms with Crippen LogP contribution in [0.25, 0.3) is 0 Å². The SMILES string of the molecule is CN1CCCC2CN(CCCCCO)CCC21. The van der Waals surface area contributed by atoms with E-state index in [-0.39, 0.29) is 0 Å². The molecule has 2 saturated heterocycles. The van der Waals surface area contributed by atoms with E-state index in [4.69, 9.17) is 5.11 Å². The van der Waals surface area contributed by atoms with Crippen LogP contribution in [0.15, 0.2) is 0 Å². The highest BCUT2D eigenvalue weighted by atomic mass is 16.2. The molecular formula is C14H28N2O. The summed E-state index contributed by atoms with van der Waals surface area (Å²) < 4.78 is 0. The van der Waals surface area contributed by atoms with Crippen molar-refractivity contribution in [2.45, 2.75) is 44.6 Å². The van der Waals surface area contributed by atoms with Crippen LogP contribution in [0.4, 0.5) is 0 Å². The molecule has 0 spiro atoms. The number of hydrogen-bond donors (Lipinski definition) is 1. The number of likely N-dealkylation sites (tertiary alicyclic amines) is 2. The van der Waals surface area contributed by atoms with Gasteiger partial charge < -0.3 is 14.9 Å². The highest BCUT2D eigenvalue weighted by Gasteiger charge is 2.33. The van der Waals surface area contributed by atoms with Gasteiger partial charge in [0.05, 0.1) is 0 Å². The Morgan fingerprint density at radius 3 is 2.82 bits per heavy atom. The standard InChI is InChI=1S/C14H28N2O/c1-15-8-5-6-13-12-16(10-7-14(13)15)9-3-2-4-11-17/h13-14,17H,2-12H2,1H3. The summed E-state index contributed by atoms with van der Waals surface area (Å²) in [4.78, 5) is 5.23. The average molecular weight is 240 g/mol. The Labute approximate surface area is 106 Å². The van der Waals surface area contributed by atoms with Gasteiger partial charge in [-0.1, -0.05) is 0 Å². The van der Waals surface area contributed by atoms with Gasteiger partial charge in [-0.3, -0.25) is 0 Å². The lowest BCUT2D eigenvalue weighted by molar-refractivity contribution is 0.0379. The van der Waals surface area contributed by atoms with E-state index in [2.05, 4.69) is 16.8 Å². The lowest BCUT2D eigenvalue weighted by Crippen LogP contribution is -2.52. The first kappa shape index (κ1) is 13.3. The summed E-state index contributed by atoms with van der Waals surface area (Å²) >= 11 is 0. The van der Waals surface area contributed by atoms with Gasteiger partial charge in [-0.15, -0.1) is 0 Å². The van der Waals surface area contributed by atoms with Gasteiger partial charge in [-0.2, -0.15) is 0 Å². The van der Waals surface area contributed by atoms with Gasteiger partial charge in [-0.25, -0.2) is 0 Å². The van der Waals surface area contributed by atoms with Gasteiger partial charge in [0.15, 0.2) is 0 Å². The van der Waals surface area contributed by atoms with Gasteiger partial charge in [0.1, 0.15) is 0 Å². The van der Waals surface area contributed by atoms with Crippen LogP contribution in [0.5, 0.6) is 0 Å². The molecule has 0 amide bonds. The molecule has 2 aliphatic heterocycles. The van der Waals surface area contributed by atoms with Crippen LogP contribution in [0.3, 0.4) is 0 Å². The van der Waals surface area contributed by atoms with E-state index >= 15 is 0 Å². The predicted octanol–water partition coefficient (Wildman–Crippen LogP) is 1.57. The summed E-state index contributed by atoms with van der Waals surface area (Å²) in [5.41, 5.74) is 0. The first-order valence-corrected chi connectivity index (χ1v) is 7.34. The molecule has 0 radical (unpaired) electrons. The van der Waals surface area contributed by atoms with Crippen molar-refractivity contribution in [3.63, 3.8) is 0 Å². The summed E-state index contributed by atoms with van der Waals surface area (Å²) in [6, 6.07) is 0.859. The monoisotopic (exact) mass is 240 g/mol. The molecule has 0 saturated carbocycles. The molecule has 0 aliphatic carbocycles. The first-order chi connectivity index (χ1) is 8.31. The Hall–Kier alpha value is -0.120. The second-order valence-corrected chi connectivity index (χ2v) is 5.82. The second-order valence-electron chi connectivity index (χ2n) is 5.82. The molecule has 2 heterocycles. The quantitative estimate of drug-likeness (QED) is 0.739. The minimum absolute atomic E-state index is 0.357. The molecule has 2 rings (SSSR count). The van der Waals surface area contributed by atoms with Crippen molar-refractivity contribution < 1.29 is 5.11 Å². The average Bonchev–Trinajstić information content (AvgIpc) is 2.35. The fourth-order valence-electron chi connectivity index (χ4n) is 3.55. The van der Waals surface area contributed by atoms with Crippen LogP contribution in [-0.4, -0.2) is 60.8 Å². The van der Waals surface area contributed by atoms with Crippen LogP contribution in [0.1, 0.15) is 38.5 Å². The Kier molecular flexibility index (Phi) is 5.26. The van der Waals surface area contributed by atoms with Crippen molar-refractivity contribution in [1.82, 2.24) is 9.80 Å². The lowest BCUT2D eigenvalue weighted by atomic mass is 9.84. The molecule has 0 aromatic heterocycles. The van der Waals surface area contributed by atoms with Gasteiger partial charge in [0, 0.05) is 19.2 Å². The maximum atomic E-state index is 8.77. The third-order valence-corrected chi connectivity index (χ3v) is 4.56. The van der Waals surface area contributed by atoms with Gasteiger partial charge in [0.25, 0.3) is 0 Å². The smallest absolute Gasteiger partial charge is 0.0431 e. The third-order valence-electron chi connectivity index (χ3n) is 4.56. The molecule has 3 heteroatoms. The fourth-order valence-corrected chi connectivity index (χ4v) is 3.55. The number of hydrogen-bond acceptors (Lipinski definition) is 3. The zero-order valence-corrected chi connectivity index (χ0v) is 11.3. The number of piperidine rings is 2. The molecule has 0 aromatic carbocycles. The Morgan fingerprint density at radius 1 is 1.12 bits per heavy atom. The van der Waals surface area contributed by atoms with Crippen LogP contribution in [-0.2, 0) is 0 Å². The number of rotatable bonds is 5. The Bertz CT molecular complexity index is 222. The van der Waals surface area contributed by atoms with Crippen LogP contribution >= 0.6 is 0 Å². The Balaban J connectivity index is 1.70. The molecule has 0 aromatic rings. The Morgan fingerprint density at radius 2 is 2.00 bits per heavy atom. The maximum Gasteiger partial charge on any atom is 0.0431 e. The molecule has 2 atom stereocenters. The minimum Gasteiger partial charge on any atom is -0.396 e. The van der Waals surface area contributed by atoms with Crippen molar-refractivity contribution in [1.29, 1.82) is 0 Å². The largest absolute Gasteiger partial charge is 0.396 e. The topological polar surface area (TPSA) is 26.7 Å². The van der Waals surface area contributed by atoms with E-state index in [9.17, 15) is 0 Å². The van der Waals surface area contributed by atoms with E-state index in [1.807, 2.05) is 0 Å². The molecule has 2 aliphatic rings. The predicted molar refractivity (Wildman–Crippen MR) is 71.1 cm³/mol. The summed E-state index contributed by atoms with van der Waals surface area (Å²) in [7, 11) is 2.30. The minimum atomic E-state index is 0.357. The molecule has 1 N–H and O–H groups in total. The highest BCUT2D eigenvalue weighted by molar-refractivity contribution is 4.89. The number of aliphatic hydroxyl groups is 1. The van der Waals surface area contributed by atoms with E-state index < -0.39 is 0 Å². The molecule has 2 unspecified atom stereocenters. The summed E-state index contributed by atoms with van der Waals surface area (Å²) in [5.74, 6) is 0.917. The van der Waals surface area contributed by atoms with E-state index in [1.165, 1.54) is 58.3 Å². The van der Waals surface area contributed by atoms with E-state index in [0.717, 1.165) is 18.4 Å². The number of aliphatic hydroxyl groups excluding tert-OH is 1. The molecular weight excluding hydrogens is 212 g/mol. The lowest BCUT2D eigenvalue weighted by Gasteiger charge is -2.46. The zero-order valence-electron chi connectivity index (χ0n) is 11.3.